The lowest BCUT2D eigenvalue weighted by Gasteiger charge is -2.10. The number of anilines is 1. The van der Waals surface area contributed by atoms with Crippen LogP contribution in [-0.4, -0.2) is 11.7 Å². The quantitative estimate of drug-likeness (QED) is 0.611. The van der Waals surface area contributed by atoms with E-state index >= 15 is 0 Å². The third kappa shape index (κ3) is 3.45. The first-order valence-electron chi connectivity index (χ1n) is 5.33. The summed E-state index contributed by atoms with van der Waals surface area (Å²) in [7, 11) is 0. The third-order valence-corrected chi connectivity index (χ3v) is 3.44. The summed E-state index contributed by atoms with van der Waals surface area (Å²) in [5, 5.41) is 0. The van der Waals surface area contributed by atoms with Crippen LogP contribution in [0.15, 0.2) is 23.1 Å². The van der Waals surface area contributed by atoms with Gasteiger partial charge in [0.1, 0.15) is 0 Å². The molecule has 1 aromatic carbocycles. The number of hydrogen-bond acceptors (Lipinski definition) is 3. The molecule has 16 heavy (non-hydrogen) atoms. The highest BCUT2D eigenvalue weighted by Gasteiger charge is 2.11. The van der Waals surface area contributed by atoms with Crippen molar-refractivity contribution >= 4 is 23.4 Å². The molecular formula is C12H18N2OS. The molecule has 4 heteroatoms. The van der Waals surface area contributed by atoms with E-state index in [1.54, 1.807) is 30.0 Å². The largest absolute Gasteiger partial charge is 0.398 e. The number of nitrogens with two attached hydrogens (primary N) is 2. The molecular weight excluding hydrogens is 220 g/mol. The number of carbonyl (C=O) groups is 1. The van der Waals surface area contributed by atoms with Gasteiger partial charge in [-0.05, 0) is 30.2 Å². The maximum Gasteiger partial charge on any atom is 0.249 e. The Morgan fingerprint density at radius 1 is 1.44 bits per heavy atom. The van der Waals surface area contributed by atoms with Gasteiger partial charge in [-0.1, -0.05) is 19.9 Å². The first kappa shape index (κ1) is 12.9. The van der Waals surface area contributed by atoms with Gasteiger partial charge in [-0.25, -0.2) is 0 Å². The van der Waals surface area contributed by atoms with Crippen LogP contribution in [0.3, 0.4) is 0 Å². The highest BCUT2D eigenvalue weighted by atomic mass is 32.2. The van der Waals surface area contributed by atoms with Crippen LogP contribution in [0, 0.1) is 5.92 Å². The van der Waals surface area contributed by atoms with Crippen LogP contribution in [0.2, 0.25) is 0 Å². The standard InChI is InChI=1S/C12H18N2OS/c1-8(2)6-7-16-11-9(12(14)15)4-3-5-10(11)13/h3-5,8H,6-7,13H2,1-2H3,(H2,14,15). The Labute approximate surface area is 101 Å². The molecule has 0 spiro atoms. The van der Waals surface area contributed by atoms with Crippen molar-refractivity contribution in [3.63, 3.8) is 0 Å². The number of carbonyl (C=O) groups excluding carboxylic acids is 1. The summed E-state index contributed by atoms with van der Waals surface area (Å²) in [6.45, 7) is 4.34. The first-order valence-corrected chi connectivity index (χ1v) is 6.32. The summed E-state index contributed by atoms with van der Waals surface area (Å²) in [6, 6.07) is 5.27. The summed E-state index contributed by atoms with van der Waals surface area (Å²) >= 11 is 1.60. The van der Waals surface area contributed by atoms with Crippen molar-refractivity contribution in [1.29, 1.82) is 0 Å². The lowest BCUT2D eigenvalue weighted by molar-refractivity contribution is 0.0997. The molecule has 0 fully saturated rings. The van der Waals surface area contributed by atoms with Gasteiger partial charge in [0.05, 0.1) is 5.56 Å². The molecule has 0 aliphatic heterocycles. The summed E-state index contributed by atoms with van der Waals surface area (Å²) < 4.78 is 0. The van der Waals surface area contributed by atoms with Crippen LogP contribution >= 0.6 is 11.8 Å². The molecule has 0 aliphatic carbocycles. The Morgan fingerprint density at radius 3 is 2.69 bits per heavy atom. The molecule has 1 rings (SSSR count). The van der Waals surface area contributed by atoms with Crippen molar-refractivity contribution in [1.82, 2.24) is 0 Å². The second kappa shape index (κ2) is 5.80. The highest BCUT2D eigenvalue weighted by Crippen LogP contribution is 2.29. The normalized spacial score (nSPS) is 10.7. The molecule has 0 atom stereocenters. The maximum atomic E-state index is 11.2. The molecule has 0 bridgehead atoms. The molecule has 0 saturated heterocycles. The topological polar surface area (TPSA) is 69.1 Å². The predicted molar refractivity (Wildman–Crippen MR) is 69.6 cm³/mol. The van der Waals surface area contributed by atoms with Gasteiger partial charge in [0.2, 0.25) is 5.91 Å². The van der Waals surface area contributed by atoms with Crippen molar-refractivity contribution in [2.75, 3.05) is 11.5 Å². The van der Waals surface area contributed by atoms with E-state index < -0.39 is 5.91 Å². The van der Waals surface area contributed by atoms with Gasteiger partial charge >= 0.3 is 0 Å². The van der Waals surface area contributed by atoms with E-state index in [1.165, 1.54) is 0 Å². The molecule has 4 N–H and O–H groups in total. The zero-order chi connectivity index (χ0) is 12.1. The summed E-state index contributed by atoms with van der Waals surface area (Å²) in [5.41, 5.74) is 12.3. The second-order valence-corrected chi connectivity index (χ2v) is 5.22. The fourth-order valence-corrected chi connectivity index (χ4v) is 2.66. The molecule has 1 amide bonds. The summed E-state index contributed by atoms with van der Waals surface area (Å²) in [4.78, 5) is 12.0. The SMILES string of the molecule is CC(C)CCSc1c(N)cccc1C(N)=O. The number of primary amides is 1. The molecule has 0 saturated carbocycles. The lowest BCUT2D eigenvalue weighted by Crippen LogP contribution is -2.13. The Kier molecular flexibility index (Phi) is 4.68. The van der Waals surface area contributed by atoms with Gasteiger partial charge in [0.15, 0.2) is 0 Å². The maximum absolute atomic E-state index is 11.2. The fourth-order valence-electron chi connectivity index (χ4n) is 1.31. The smallest absolute Gasteiger partial charge is 0.249 e. The minimum Gasteiger partial charge on any atom is -0.398 e. The van der Waals surface area contributed by atoms with E-state index in [1.807, 2.05) is 0 Å². The number of rotatable bonds is 5. The Morgan fingerprint density at radius 2 is 2.12 bits per heavy atom. The van der Waals surface area contributed by atoms with Crippen LogP contribution in [0.25, 0.3) is 0 Å². The van der Waals surface area contributed by atoms with Gasteiger partial charge in [-0.2, -0.15) is 0 Å². The van der Waals surface area contributed by atoms with E-state index in [4.69, 9.17) is 11.5 Å². The van der Waals surface area contributed by atoms with E-state index in [0.717, 1.165) is 17.1 Å². The Balaban J connectivity index is 2.80. The lowest BCUT2D eigenvalue weighted by atomic mass is 10.2. The monoisotopic (exact) mass is 238 g/mol. The molecule has 0 aromatic heterocycles. The average Bonchev–Trinajstić information content (AvgIpc) is 2.19. The van der Waals surface area contributed by atoms with Crippen LogP contribution in [0.4, 0.5) is 5.69 Å². The van der Waals surface area contributed by atoms with Crippen LogP contribution in [-0.2, 0) is 0 Å². The van der Waals surface area contributed by atoms with Crippen molar-refractivity contribution in [3.05, 3.63) is 23.8 Å². The minimum atomic E-state index is -0.417. The van der Waals surface area contributed by atoms with Gasteiger partial charge in [0.25, 0.3) is 0 Å². The number of amides is 1. The number of benzene rings is 1. The van der Waals surface area contributed by atoms with Crippen molar-refractivity contribution in [2.45, 2.75) is 25.2 Å². The predicted octanol–water partition coefficient (Wildman–Crippen LogP) is 2.51. The van der Waals surface area contributed by atoms with Gasteiger partial charge in [-0.3, -0.25) is 4.79 Å². The van der Waals surface area contributed by atoms with Crippen LogP contribution in [0.5, 0.6) is 0 Å². The van der Waals surface area contributed by atoms with E-state index in [0.29, 0.717) is 17.2 Å². The number of hydrogen-bond donors (Lipinski definition) is 2. The number of thioether (sulfide) groups is 1. The fraction of sp³-hybridized carbons (Fsp3) is 0.417. The van der Waals surface area contributed by atoms with Gasteiger partial charge in [-0.15, -0.1) is 11.8 Å². The number of nitrogen functional groups attached to an aromatic ring is 1. The van der Waals surface area contributed by atoms with Crippen LogP contribution in [0.1, 0.15) is 30.6 Å². The highest BCUT2D eigenvalue weighted by molar-refractivity contribution is 7.99. The second-order valence-electron chi connectivity index (χ2n) is 4.12. The third-order valence-electron chi connectivity index (χ3n) is 2.25. The van der Waals surface area contributed by atoms with Crippen molar-refractivity contribution < 1.29 is 4.79 Å². The van der Waals surface area contributed by atoms with Gasteiger partial charge in [0, 0.05) is 10.6 Å². The van der Waals surface area contributed by atoms with E-state index in [-0.39, 0.29) is 0 Å². The average molecular weight is 238 g/mol. The van der Waals surface area contributed by atoms with Crippen molar-refractivity contribution in [3.8, 4) is 0 Å². The molecule has 0 unspecified atom stereocenters. The molecule has 0 aliphatic rings. The summed E-state index contributed by atoms with van der Waals surface area (Å²) in [5.74, 6) is 1.18. The van der Waals surface area contributed by atoms with E-state index in [2.05, 4.69) is 13.8 Å². The summed E-state index contributed by atoms with van der Waals surface area (Å²) in [6.07, 6.45) is 1.09. The minimum absolute atomic E-state index is 0.417. The van der Waals surface area contributed by atoms with E-state index in [9.17, 15) is 4.79 Å². The molecule has 1 aromatic rings. The van der Waals surface area contributed by atoms with Crippen molar-refractivity contribution in [2.24, 2.45) is 11.7 Å². The Bertz CT molecular complexity index is 377. The van der Waals surface area contributed by atoms with Crippen LogP contribution < -0.4 is 11.5 Å². The first-order chi connectivity index (χ1) is 7.52. The van der Waals surface area contributed by atoms with Gasteiger partial charge < -0.3 is 11.5 Å². The molecule has 0 heterocycles. The Hall–Kier alpha value is -1.16. The zero-order valence-corrected chi connectivity index (χ0v) is 10.5. The molecule has 88 valence electrons. The zero-order valence-electron chi connectivity index (χ0n) is 9.69. The molecule has 0 radical (unpaired) electrons. The molecule has 3 nitrogen and oxygen atoms in total.